The number of aromatic nitrogens is 3. The summed E-state index contributed by atoms with van der Waals surface area (Å²) in [6.07, 6.45) is 1.81. The zero-order valence-electron chi connectivity index (χ0n) is 16.8. The summed E-state index contributed by atoms with van der Waals surface area (Å²) in [4.78, 5) is 9.52. The average molecular weight is 392 g/mol. The highest BCUT2D eigenvalue weighted by Crippen LogP contribution is 2.27. The van der Waals surface area contributed by atoms with Crippen LogP contribution in [0.4, 0.5) is 0 Å². The van der Waals surface area contributed by atoms with Gasteiger partial charge in [0, 0.05) is 17.0 Å². The smallest absolute Gasteiger partial charge is 0.139 e. The molecule has 3 heterocycles. The first-order valence-corrected chi connectivity index (χ1v) is 16.3. The van der Waals surface area contributed by atoms with E-state index >= 15 is 0 Å². The van der Waals surface area contributed by atoms with Gasteiger partial charge in [0.25, 0.3) is 0 Å². The molecule has 6 heteroatoms. The highest BCUT2D eigenvalue weighted by Gasteiger charge is 2.28. The van der Waals surface area contributed by atoms with E-state index in [1.807, 2.05) is 24.4 Å². The maximum atomic E-state index is 5.83. The topological polar surface area (TPSA) is 51.8 Å². The molecule has 0 atom stereocenters. The minimum absolute atomic E-state index is 0.877. The number of rotatable bonds is 3. The Labute approximate surface area is 161 Å². The lowest BCUT2D eigenvalue weighted by atomic mass is 10.1. The minimum Gasteiger partial charge on any atom is -0.365 e. The summed E-state index contributed by atoms with van der Waals surface area (Å²) >= 11 is 0. The summed E-state index contributed by atoms with van der Waals surface area (Å²) in [5, 5.41) is 9.18. The maximum absolute atomic E-state index is 5.83. The molecule has 0 spiro atoms. The lowest BCUT2D eigenvalue weighted by molar-refractivity contribution is 0.452. The predicted octanol–water partition coefficient (Wildman–Crippen LogP) is 4.53. The largest absolute Gasteiger partial charge is 0.365 e. The predicted molar refractivity (Wildman–Crippen MR) is 119 cm³/mol. The molecule has 4 aromatic rings. The second-order valence-corrected chi connectivity index (χ2v) is 19.1. The quantitative estimate of drug-likeness (QED) is 0.482. The zero-order chi connectivity index (χ0) is 19.4. The molecule has 4 rings (SSSR count). The Hall–Kier alpha value is -2.32. The summed E-state index contributed by atoms with van der Waals surface area (Å²) in [7, 11) is -3.22. The van der Waals surface area contributed by atoms with Gasteiger partial charge in [-0.15, -0.1) is 0 Å². The van der Waals surface area contributed by atoms with Crippen LogP contribution in [-0.4, -0.2) is 31.3 Å². The van der Waals surface area contributed by atoms with Crippen LogP contribution in [0.2, 0.25) is 39.3 Å². The first-order chi connectivity index (χ1) is 12.7. The molecule has 0 aliphatic carbocycles. The molecule has 138 valence electrons. The second kappa shape index (κ2) is 6.10. The van der Waals surface area contributed by atoms with Crippen molar-refractivity contribution in [3.63, 3.8) is 0 Å². The molecule has 0 saturated carbocycles. The Balaban J connectivity index is 2.11. The van der Waals surface area contributed by atoms with E-state index in [9.17, 15) is 0 Å². The van der Waals surface area contributed by atoms with Gasteiger partial charge >= 0.3 is 0 Å². The van der Waals surface area contributed by atoms with Crippen molar-refractivity contribution >= 4 is 48.5 Å². The van der Waals surface area contributed by atoms with Crippen molar-refractivity contribution in [2.75, 3.05) is 0 Å². The number of benzene rings is 1. The summed E-state index contributed by atoms with van der Waals surface area (Å²) in [6, 6.07) is 12.6. The molecule has 0 saturated heterocycles. The van der Waals surface area contributed by atoms with Crippen molar-refractivity contribution in [2.24, 2.45) is 0 Å². The van der Waals surface area contributed by atoms with Crippen molar-refractivity contribution in [3.05, 3.63) is 42.6 Å². The van der Waals surface area contributed by atoms with Gasteiger partial charge in [-0.25, -0.2) is 4.98 Å². The van der Waals surface area contributed by atoms with Gasteiger partial charge in [-0.3, -0.25) is 4.98 Å². The average Bonchev–Trinajstić information content (AvgIpc) is 3.05. The van der Waals surface area contributed by atoms with Gasteiger partial charge < -0.3 is 4.52 Å². The molecule has 1 aromatic carbocycles. The van der Waals surface area contributed by atoms with Crippen molar-refractivity contribution in [3.8, 4) is 11.4 Å². The molecule has 0 aliphatic rings. The summed E-state index contributed by atoms with van der Waals surface area (Å²) in [5.41, 5.74) is 3.61. The molecule has 0 unspecified atom stereocenters. The SMILES string of the molecule is C[Si](C)(C)c1cc(-c2ccccn2)nc2c1ccc1c([Si](C)(C)C)onc12. The van der Waals surface area contributed by atoms with Gasteiger partial charge in [-0.05, 0) is 29.5 Å². The van der Waals surface area contributed by atoms with Crippen LogP contribution in [0.5, 0.6) is 0 Å². The summed E-state index contributed by atoms with van der Waals surface area (Å²) in [5.74, 6) is 0. The molecule has 0 amide bonds. The third kappa shape index (κ3) is 3.13. The van der Waals surface area contributed by atoms with Crippen LogP contribution < -0.4 is 10.6 Å². The molecule has 4 nitrogen and oxygen atoms in total. The first kappa shape index (κ1) is 18.1. The van der Waals surface area contributed by atoms with Crippen LogP contribution in [0, 0.1) is 0 Å². The number of hydrogen-bond acceptors (Lipinski definition) is 4. The fourth-order valence-electron chi connectivity index (χ4n) is 3.50. The van der Waals surface area contributed by atoms with E-state index in [1.165, 1.54) is 10.6 Å². The Bertz CT molecular complexity index is 1140. The first-order valence-electron chi connectivity index (χ1n) is 9.32. The van der Waals surface area contributed by atoms with Gasteiger partial charge in [0.1, 0.15) is 24.5 Å². The van der Waals surface area contributed by atoms with E-state index in [0.717, 1.165) is 33.2 Å². The highest BCUT2D eigenvalue weighted by molar-refractivity contribution is 6.91. The van der Waals surface area contributed by atoms with E-state index in [4.69, 9.17) is 9.51 Å². The van der Waals surface area contributed by atoms with Gasteiger partial charge in [0.15, 0.2) is 0 Å². The van der Waals surface area contributed by atoms with Crippen molar-refractivity contribution in [1.29, 1.82) is 0 Å². The number of fused-ring (bicyclic) bond motifs is 3. The van der Waals surface area contributed by atoms with Gasteiger partial charge in [-0.2, -0.15) is 0 Å². The van der Waals surface area contributed by atoms with E-state index in [-0.39, 0.29) is 0 Å². The van der Waals surface area contributed by atoms with Crippen LogP contribution in [-0.2, 0) is 0 Å². The van der Waals surface area contributed by atoms with Crippen LogP contribution in [0.15, 0.2) is 47.1 Å². The normalized spacial score (nSPS) is 12.8. The van der Waals surface area contributed by atoms with Crippen molar-refractivity contribution in [2.45, 2.75) is 39.3 Å². The molecular weight excluding hydrogens is 366 g/mol. The van der Waals surface area contributed by atoms with E-state index in [2.05, 4.69) is 67.6 Å². The van der Waals surface area contributed by atoms with Gasteiger partial charge in [-0.1, -0.05) is 56.6 Å². The highest BCUT2D eigenvalue weighted by atomic mass is 28.3. The monoisotopic (exact) mass is 391 g/mol. The number of hydrogen-bond donors (Lipinski definition) is 0. The Morgan fingerprint density at radius 2 is 1.52 bits per heavy atom. The standard InChI is InChI=1S/C21H25N3OSi2/c1-26(2,3)18-13-17(16-9-7-8-12-22-16)23-19-14(18)10-11-15-20(19)24-25-21(15)27(4,5)6/h7-13H,1-6H3. The van der Waals surface area contributed by atoms with E-state index < -0.39 is 16.1 Å². The lowest BCUT2D eigenvalue weighted by Gasteiger charge is -2.20. The zero-order valence-corrected chi connectivity index (χ0v) is 18.8. The number of pyridine rings is 2. The Morgan fingerprint density at radius 1 is 0.778 bits per heavy atom. The van der Waals surface area contributed by atoms with Crippen molar-refractivity contribution in [1.82, 2.24) is 15.1 Å². The molecule has 3 aromatic heterocycles. The fraction of sp³-hybridized carbons (Fsp3) is 0.286. The third-order valence-electron chi connectivity index (χ3n) is 4.84. The van der Waals surface area contributed by atoms with Gasteiger partial charge in [0.05, 0.1) is 19.5 Å². The molecule has 0 fully saturated rings. The van der Waals surface area contributed by atoms with Crippen LogP contribution in [0.1, 0.15) is 0 Å². The molecule has 0 aliphatic heterocycles. The minimum atomic E-state index is -1.62. The molecule has 0 bridgehead atoms. The van der Waals surface area contributed by atoms with Gasteiger partial charge in [0.2, 0.25) is 0 Å². The van der Waals surface area contributed by atoms with Crippen LogP contribution in [0.25, 0.3) is 33.2 Å². The van der Waals surface area contributed by atoms with E-state index in [0.29, 0.717) is 0 Å². The lowest BCUT2D eigenvalue weighted by Crippen LogP contribution is -2.38. The Kier molecular flexibility index (Phi) is 4.08. The second-order valence-electron chi connectivity index (χ2n) is 9.14. The Morgan fingerprint density at radius 3 is 2.15 bits per heavy atom. The van der Waals surface area contributed by atoms with Crippen LogP contribution >= 0.6 is 0 Å². The van der Waals surface area contributed by atoms with Crippen LogP contribution in [0.3, 0.4) is 0 Å². The summed E-state index contributed by atoms with van der Waals surface area (Å²) < 4.78 is 5.83. The third-order valence-corrected chi connectivity index (χ3v) is 8.60. The van der Waals surface area contributed by atoms with E-state index in [1.54, 1.807) is 0 Å². The molecule has 0 radical (unpaired) electrons. The molecular formula is C21H25N3OSi2. The fourth-order valence-corrected chi connectivity index (χ4v) is 6.41. The molecule has 0 N–H and O–H groups in total. The van der Waals surface area contributed by atoms with Crippen molar-refractivity contribution < 1.29 is 4.52 Å². The maximum Gasteiger partial charge on any atom is 0.139 e. The molecule has 27 heavy (non-hydrogen) atoms. The number of nitrogens with zero attached hydrogens (tertiary/aromatic N) is 3. The summed E-state index contributed by atoms with van der Waals surface area (Å²) in [6.45, 7) is 13.9.